The lowest BCUT2D eigenvalue weighted by Gasteiger charge is -2.42. The van der Waals surface area contributed by atoms with Crippen molar-refractivity contribution in [1.29, 1.82) is 0 Å². The van der Waals surface area contributed by atoms with Crippen LogP contribution in [0.25, 0.3) is 0 Å². The predicted octanol–water partition coefficient (Wildman–Crippen LogP) is -0.0667. The summed E-state index contributed by atoms with van der Waals surface area (Å²) in [7, 11) is -3.05. The summed E-state index contributed by atoms with van der Waals surface area (Å²) in [6.45, 7) is 2.75. The number of rotatable bonds is 5. The Morgan fingerprint density at radius 3 is 2.75 bits per heavy atom. The maximum absolute atomic E-state index is 11.7. The van der Waals surface area contributed by atoms with E-state index in [0.717, 1.165) is 31.3 Å². The molecule has 3 aliphatic rings. The molecule has 1 aliphatic carbocycles. The first-order chi connectivity index (χ1) is 11.4. The van der Waals surface area contributed by atoms with Gasteiger partial charge < -0.3 is 10.4 Å². The highest BCUT2D eigenvalue weighted by Crippen LogP contribution is 2.31. The Labute approximate surface area is 149 Å². The highest BCUT2D eigenvalue weighted by atomic mass is 32.2. The first kappa shape index (κ1) is 18.9. The molecular formula is C16H31N3O3S2. The van der Waals surface area contributed by atoms with E-state index in [9.17, 15) is 13.5 Å². The number of thioether (sulfide) groups is 1. The molecule has 3 rings (SSSR count). The van der Waals surface area contributed by atoms with E-state index in [1.165, 1.54) is 24.9 Å². The van der Waals surface area contributed by atoms with Crippen LogP contribution < -0.4 is 16.0 Å². The van der Waals surface area contributed by atoms with Crippen LogP contribution in [-0.2, 0) is 9.84 Å². The summed E-state index contributed by atoms with van der Waals surface area (Å²) in [5, 5.41) is 21.5. The normalized spacial score (nSPS) is 41.4. The zero-order valence-corrected chi connectivity index (χ0v) is 16.0. The number of hydrogen-bond acceptors (Lipinski definition) is 7. The fraction of sp³-hybridized carbons (Fsp3) is 1.00. The van der Waals surface area contributed by atoms with E-state index >= 15 is 0 Å². The molecule has 140 valence electrons. The second-order valence-electron chi connectivity index (χ2n) is 7.52. The molecule has 0 radical (unpaired) electrons. The number of piperazine rings is 1. The Hall–Kier alpha value is 0.140. The van der Waals surface area contributed by atoms with Crippen LogP contribution in [0.15, 0.2) is 0 Å². The van der Waals surface area contributed by atoms with Crippen LogP contribution in [-0.4, -0.2) is 74.0 Å². The molecule has 1 saturated carbocycles. The average molecular weight is 378 g/mol. The molecule has 0 spiro atoms. The molecule has 3 fully saturated rings. The Bertz CT molecular complexity index is 511. The van der Waals surface area contributed by atoms with Crippen LogP contribution in [0.1, 0.15) is 32.1 Å². The van der Waals surface area contributed by atoms with E-state index in [1.54, 1.807) is 0 Å². The Morgan fingerprint density at radius 1 is 1.25 bits per heavy atom. The van der Waals surface area contributed by atoms with Gasteiger partial charge in [0.1, 0.15) is 9.84 Å². The summed E-state index contributed by atoms with van der Waals surface area (Å²) in [6, 6.07) is 0.197. The predicted molar refractivity (Wildman–Crippen MR) is 99.0 cm³/mol. The van der Waals surface area contributed by atoms with Crippen molar-refractivity contribution < 1.29 is 13.5 Å². The molecule has 2 aliphatic heterocycles. The van der Waals surface area contributed by atoms with Gasteiger partial charge in [0, 0.05) is 43.1 Å². The SMILES string of the molecule is CS(=O)(=O)C1CCC(C2CNCC(NCC3CCCS3)N2)C(O)C1. The summed E-state index contributed by atoms with van der Waals surface area (Å²) in [4.78, 5) is 0. The van der Waals surface area contributed by atoms with Gasteiger partial charge in [-0.25, -0.2) is 8.42 Å². The van der Waals surface area contributed by atoms with Crippen LogP contribution in [0.3, 0.4) is 0 Å². The van der Waals surface area contributed by atoms with E-state index in [1.807, 2.05) is 0 Å². The molecule has 6 nitrogen and oxygen atoms in total. The van der Waals surface area contributed by atoms with Gasteiger partial charge in [0.05, 0.1) is 17.5 Å². The van der Waals surface area contributed by atoms with Gasteiger partial charge in [-0.1, -0.05) is 0 Å². The first-order valence-corrected chi connectivity index (χ1v) is 12.1. The highest BCUT2D eigenvalue weighted by Gasteiger charge is 2.39. The lowest BCUT2D eigenvalue weighted by molar-refractivity contribution is 0.0402. The van der Waals surface area contributed by atoms with Gasteiger partial charge >= 0.3 is 0 Å². The number of aliphatic hydroxyl groups is 1. The van der Waals surface area contributed by atoms with Crippen molar-refractivity contribution in [3.8, 4) is 0 Å². The summed E-state index contributed by atoms with van der Waals surface area (Å²) in [6.07, 6.45) is 5.40. The highest BCUT2D eigenvalue weighted by molar-refractivity contribution is 8.00. The summed E-state index contributed by atoms with van der Waals surface area (Å²) < 4.78 is 23.5. The van der Waals surface area contributed by atoms with Crippen LogP contribution in [0, 0.1) is 5.92 Å². The zero-order valence-electron chi connectivity index (χ0n) is 14.4. The second kappa shape index (κ2) is 8.22. The van der Waals surface area contributed by atoms with Gasteiger partial charge in [0.2, 0.25) is 0 Å². The van der Waals surface area contributed by atoms with Gasteiger partial charge in [0.15, 0.2) is 0 Å². The Kier molecular flexibility index (Phi) is 6.48. The molecule has 4 N–H and O–H groups in total. The minimum Gasteiger partial charge on any atom is -0.393 e. The average Bonchev–Trinajstić information content (AvgIpc) is 3.06. The third-order valence-corrected chi connectivity index (χ3v) is 8.72. The van der Waals surface area contributed by atoms with E-state index in [4.69, 9.17) is 0 Å². The minimum atomic E-state index is -3.05. The maximum Gasteiger partial charge on any atom is 0.150 e. The minimum absolute atomic E-state index is 0.126. The standard InChI is InChI=1S/C16H31N3O3S2/c1-24(21,22)12-4-5-13(15(20)7-12)14-9-17-10-16(19-14)18-8-11-3-2-6-23-11/h11-20H,2-10H2,1H3. The first-order valence-electron chi connectivity index (χ1n) is 9.12. The van der Waals surface area contributed by atoms with E-state index in [0.29, 0.717) is 12.8 Å². The van der Waals surface area contributed by atoms with Crippen molar-refractivity contribution in [3.63, 3.8) is 0 Å². The lowest BCUT2D eigenvalue weighted by atomic mass is 9.80. The Balaban J connectivity index is 1.49. The summed E-state index contributed by atoms with van der Waals surface area (Å²) >= 11 is 2.06. The summed E-state index contributed by atoms with van der Waals surface area (Å²) in [5.41, 5.74) is 0. The molecule has 0 aromatic rings. The van der Waals surface area contributed by atoms with Crippen molar-refractivity contribution >= 4 is 21.6 Å². The molecule has 24 heavy (non-hydrogen) atoms. The number of sulfone groups is 1. The maximum atomic E-state index is 11.7. The van der Waals surface area contributed by atoms with E-state index in [-0.39, 0.29) is 23.4 Å². The third-order valence-electron chi connectivity index (χ3n) is 5.69. The van der Waals surface area contributed by atoms with Crippen LogP contribution in [0.2, 0.25) is 0 Å². The zero-order chi connectivity index (χ0) is 17.2. The molecule has 0 bridgehead atoms. The second-order valence-corrected chi connectivity index (χ2v) is 11.3. The Morgan fingerprint density at radius 2 is 2.08 bits per heavy atom. The van der Waals surface area contributed by atoms with Gasteiger partial charge in [-0.15, -0.1) is 0 Å². The van der Waals surface area contributed by atoms with Gasteiger partial charge in [-0.05, 0) is 37.9 Å². The molecule has 6 atom stereocenters. The molecule has 0 aromatic heterocycles. The number of hydrogen-bond donors (Lipinski definition) is 4. The van der Waals surface area contributed by atoms with Gasteiger partial charge in [0.25, 0.3) is 0 Å². The molecule has 8 heteroatoms. The van der Waals surface area contributed by atoms with Crippen molar-refractivity contribution in [2.45, 2.75) is 60.9 Å². The van der Waals surface area contributed by atoms with Gasteiger partial charge in [-0.3, -0.25) is 10.6 Å². The topological polar surface area (TPSA) is 90.5 Å². The smallest absolute Gasteiger partial charge is 0.150 e. The van der Waals surface area contributed by atoms with Crippen molar-refractivity contribution in [3.05, 3.63) is 0 Å². The van der Waals surface area contributed by atoms with Crippen molar-refractivity contribution in [2.24, 2.45) is 5.92 Å². The molecule has 6 unspecified atom stereocenters. The molecule has 2 saturated heterocycles. The third kappa shape index (κ3) is 4.86. The van der Waals surface area contributed by atoms with E-state index < -0.39 is 15.9 Å². The molecular weight excluding hydrogens is 346 g/mol. The fourth-order valence-electron chi connectivity index (χ4n) is 4.24. The number of nitrogens with one attached hydrogen (secondary N) is 3. The molecule has 0 aromatic carbocycles. The van der Waals surface area contributed by atoms with Crippen molar-refractivity contribution in [1.82, 2.24) is 16.0 Å². The van der Waals surface area contributed by atoms with Crippen LogP contribution in [0.4, 0.5) is 0 Å². The number of aliphatic hydroxyl groups excluding tert-OH is 1. The molecule has 0 amide bonds. The lowest BCUT2D eigenvalue weighted by Crippen LogP contribution is -2.64. The molecule has 2 heterocycles. The quantitative estimate of drug-likeness (QED) is 0.533. The largest absolute Gasteiger partial charge is 0.393 e. The van der Waals surface area contributed by atoms with Crippen LogP contribution in [0.5, 0.6) is 0 Å². The monoisotopic (exact) mass is 377 g/mol. The van der Waals surface area contributed by atoms with Crippen LogP contribution >= 0.6 is 11.8 Å². The van der Waals surface area contributed by atoms with E-state index in [2.05, 4.69) is 27.7 Å². The van der Waals surface area contributed by atoms with Gasteiger partial charge in [-0.2, -0.15) is 11.8 Å². The van der Waals surface area contributed by atoms with Crippen molar-refractivity contribution in [2.75, 3.05) is 31.6 Å². The fourth-order valence-corrected chi connectivity index (χ4v) is 6.56. The summed E-state index contributed by atoms with van der Waals surface area (Å²) in [5.74, 6) is 1.40.